The summed E-state index contributed by atoms with van der Waals surface area (Å²) in [6, 6.07) is 18.4. The summed E-state index contributed by atoms with van der Waals surface area (Å²) >= 11 is 0. The van der Waals surface area contributed by atoms with Gasteiger partial charge < -0.3 is 56.8 Å². The van der Waals surface area contributed by atoms with Crippen molar-refractivity contribution < 1.29 is 99.2 Å². The van der Waals surface area contributed by atoms with Gasteiger partial charge in [-0.25, -0.2) is 0 Å². The molecule has 0 spiro atoms. The molecule has 21 heteroatoms. The molecule has 0 saturated carbocycles. The van der Waals surface area contributed by atoms with Crippen LogP contribution in [-0.4, -0.2) is 132 Å². The minimum atomic E-state index is -1.52. The molecule has 4 fully saturated rings. The molecular formula is C75H94F2O19. The molecule has 0 N–H and O–H groups in total. The molecule has 4 heterocycles. The van der Waals surface area contributed by atoms with Crippen LogP contribution in [0.3, 0.4) is 0 Å². The van der Waals surface area contributed by atoms with Gasteiger partial charge in [0.05, 0.1) is 46.9 Å². The SMILES string of the molecule is C=CCOC(=O)C1(CCCF)C[C@]2(C(C)Cc3ccc(C)c(OC)c3)OCOC2=CC1=O.C=CCOC(=O)[C@@H]1C[C@]2(C(C)Cc3ccc(C)c(OC)c3)OCOC2=CC1=O.CC1(C)OC(=O)CC(=O)O1.COc1cc(CC(C)[C@]23C[C@H](CCCF)C(=O)C=C2CCO3)ccc1C. The quantitative estimate of drug-likeness (QED) is 0.0351. The first-order chi connectivity index (χ1) is 45.7. The Morgan fingerprint density at radius 2 is 1.11 bits per heavy atom. The summed E-state index contributed by atoms with van der Waals surface area (Å²) < 4.78 is 91.4. The van der Waals surface area contributed by atoms with E-state index >= 15 is 0 Å². The molecule has 0 amide bonds. The Morgan fingerprint density at radius 3 is 1.61 bits per heavy atom. The van der Waals surface area contributed by atoms with Gasteiger partial charge in [0.15, 0.2) is 30.9 Å². The van der Waals surface area contributed by atoms with E-state index in [1.807, 2.05) is 71.0 Å². The minimum absolute atomic E-state index is 0.0123. The Morgan fingerprint density at radius 1 is 0.625 bits per heavy atom. The summed E-state index contributed by atoms with van der Waals surface area (Å²) in [5.41, 5.74) is 3.94. The number of hydrogen-bond donors (Lipinski definition) is 0. The van der Waals surface area contributed by atoms with Crippen LogP contribution in [0.5, 0.6) is 17.2 Å². The summed E-state index contributed by atoms with van der Waals surface area (Å²) in [5.74, 6) is -1.49. The van der Waals surface area contributed by atoms with Crippen LogP contribution in [0, 0.1) is 55.8 Å². The number of cyclic esters (lactones) is 2. The van der Waals surface area contributed by atoms with Crippen molar-refractivity contribution in [1.29, 1.82) is 0 Å². The highest BCUT2D eigenvalue weighted by Gasteiger charge is 2.61. The number of carbonyl (C=O) groups is 7. The summed E-state index contributed by atoms with van der Waals surface area (Å²) in [5, 5.41) is 0. The maximum atomic E-state index is 13.1. The van der Waals surface area contributed by atoms with E-state index in [0.29, 0.717) is 50.2 Å². The average Bonchev–Trinajstić information content (AvgIpc) is 1.56. The lowest BCUT2D eigenvalue weighted by Gasteiger charge is -2.43. The first kappa shape index (κ1) is 75.4. The van der Waals surface area contributed by atoms with Gasteiger partial charge in [-0.15, -0.1) is 0 Å². The van der Waals surface area contributed by atoms with Crippen molar-refractivity contribution in [1.82, 2.24) is 0 Å². The first-order valence-corrected chi connectivity index (χ1v) is 32.7. The molecule has 3 aromatic rings. The van der Waals surface area contributed by atoms with Crippen LogP contribution in [0.1, 0.15) is 126 Å². The van der Waals surface area contributed by atoms with Crippen LogP contribution < -0.4 is 14.2 Å². The molecule has 4 unspecified atom stereocenters. The second-order valence-electron chi connectivity index (χ2n) is 26.0. The van der Waals surface area contributed by atoms with Crippen LogP contribution >= 0.6 is 0 Å². The fourth-order valence-electron chi connectivity index (χ4n) is 13.9. The van der Waals surface area contributed by atoms with Gasteiger partial charge in [-0.2, -0.15) is 0 Å². The molecule has 19 nitrogen and oxygen atoms in total. The van der Waals surface area contributed by atoms with Gasteiger partial charge in [-0.05, 0) is 160 Å². The first-order valence-electron chi connectivity index (χ1n) is 32.7. The van der Waals surface area contributed by atoms with Gasteiger partial charge in [-0.1, -0.05) is 82.5 Å². The van der Waals surface area contributed by atoms with E-state index in [4.69, 9.17) is 47.4 Å². The van der Waals surface area contributed by atoms with Crippen LogP contribution in [0.15, 0.2) is 115 Å². The molecule has 0 bridgehead atoms. The third-order valence-corrected chi connectivity index (χ3v) is 19.1. The standard InChI is InChI=1S/C25H31FO6.C22H29FO3.C22H26O6.C6H8O4/c1-5-11-30-23(28)24(9-6-10-26)15-25(22(14-21(24)27)31-16-32-25)18(3)12-19-8-7-17(2)20(13-19)29-4;1-15-6-7-17(12-21(15)25-3)11-16(2)22-14-18(5-4-9-23)20(24)13-19(22)8-10-26-22;1-5-8-26-21(24)17-12-22(20(11-18(17)23)27-13-28-22)15(3)9-16-7-6-14(2)19(10-16)25-4;1-6(2)9-4(7)3-5(8)10-6/h5,7-8,13-14,18H,1,6,9-12,15-16H2,2-4H3;6-7,12-13,16,18H,4-5,8-11,14H2,1-3H3;5-7,10-11,15,17H,1,8-9,12-13H2,2-4H3;3H2,1-2H3/t18?,24?,25-;16?,18-,22+;15?,17-,22-;/m101./s1. The number of fused-ring (bicyclic) bond motifs is 3. The number of allylic oxidation sites excluding steroid dienone is 3. The number of ketones is 3. The van der Waals surface area contributed by atoms with E-state index in [1.165, 1.54) is 43.7 Å². The maximum Gasteiger partial charge on any atom is 0.320 e. The number of methoxy groups -OCH3 is 3. The molecule has 3 aromatic carbocycles. The maximum absolute atomic E-state index is 13.1. The highest BCUT2D eigenvalue weighted by atomic mass is 19.1. The van der Waals surface area contributed by atoms with Crippen molar-refractivity contribution in [2.45, 2.75) is 155 Å². The van der Waals surface area contributed by atoms with Gasteiger partial charge in [0.1, 0.15) is 70.9 Å². The number of benzene rings is 3. The fraction of sp³-hybridized carbons (Fsp3) is 0.533. The molecule has 4 aliphatic heterocycles. The number of alkyl halides is 2. The Labute approximate surface area is 562 Å². The molecule has 522 valence electrons. The number of ether oxygens (including phenoxy) is 12. The van der Waals surface area contributed by atoms with Gasteiger partial charge in [0.2, 0.25) is 0 Å². The van der Waals surface area contributed by atoms with Crippen molar-refractivity contribution in [3.63, 3.8) is 0 Å². The molecule has 4 saturated heterocycles. The lowest BCUT2D eigenvalue weighted by molar-refractivity contribution is -0.231. The predicted octanol–water partition coefficient (Wildman–Crippen LogP) is 12.2. The smallest absolute Gasteiger partial charge is 0.320 e. The zero-order chi connectivity index (χ0) is 70.2. The summed E-state index contributed by atoms with van der Waals surface area (Å²) in [7, 11) is 4.97. The molecule has 96 heavy (non-hydrogen) atoms. The number of hydrogen-bond acceptors (Lipinski definition) is 19. The van der Waals surface area contributed by atoms with Crippen LogP contribution in [0.4, 0.5) is 8.78 Å². The van der Waals surface area contributed by atoms with Crippen molar-refractivity contribution in [2.24, 2.45) is 35.0 Å². The zero-order valence-electron chi connectivity index (χ0n) is 57.3. The van der Waals surface area contributed by atoms with Gasteiger partial charge >= 0.3 is 23.9 Å². The van der Waals surface area contributed by atoms with Crippen molar-refractivity contribution in [3.8, 4) is 17.2 Å². The van der Waals surface area contributed by atoms with Crippen molar-refractivity contribution >= 4 is 41.2 Å². The molecule has 10 rings (SSSR count). The summed E-state index contributed by atoms with van der Waals surface area (Å²) in [6.45, 7) is 22.1. The number of esters is 4. The van der Waals surface area contributed by atoms with Crippen LogP contribution in [-0.2, 0) is 95.5 Å². The lowest BCUT2D eigenvalue weighted by Crippen LogP contribution is -2.53. The number of rotatable bonds is 24. The molecule has 0 radical (unpaired) electrons. The topological polar surface area (TPSA) is 230 Å². The summed E-state index contributed by atoms with van der Waals surface area (Å²) in [4.78, 5) is 84.6. The second kappa shape index (κ2) is 33.3. The van der Waals surface area contributed by atoms with E-state index in [1.54, 1.807) is 27.4 Å². The number of aryl methyl sites for hydroxylation is 3. The van der Waals surface area contributed by atoms with E-state index in [-0.39, 0.29) is 106 Å². The average molecular weight is 1340 g/mol. The minimum Gasteiger partial charge on any atom is -0.496 e. The van der Waals surface area contributed by atoms with Gasteiger partial charge in [-0.3, -0.25) is 42.3 Å². The van der Waals surface area contributed by atoms with Crippen molar-refractivity contribution in [3.05, 3.63) is 149 Å². The third-order valence-electron chi connectivity index (χ3n) is 19.1. The molecule has 9 atom stereocenters. The monoisotopic (exact) mass is 1340 g/mol. The highest BCUT2D eigenvalue weighted by molar-refractivity contribution is 6.10. The molecule has 3 aliphatic carbocycles. The normalized spacial score (nSPS) is 25.2. The van der Waals surface area contributed by atoms with Crippen LogP contribution in [0.2, 0.25) is 0 Å². The van der Waals surface area contributed by atoms with E-state index in [9.17, 15) is 42.3 Å². The number of carbonyl (C=O) groups excluding carboxylic acids is 7. The largest absolute Gasteiger partial charge is 0.496 e. The Balaban J connectivity index is 0.000000190. The van der Waals surface area contributed by atoms with E-state index < -0.39 is 64.7 Å². The van der Waals surface area contributed by atoms with Crippen molar-refractivity contribution in [2.75, 3.05) is 68.1 Å². The van der Waals surface area contributed by atoms with Gasteiger partial charge in [0, 0.05) is 44.8 Å². The third kappa shape index (κ3) is 17.4. The Kier molecular flexibility index (Phi) is 26.1. The summed E-state index contributed by atoms with van der Waals surface area (Å²) in [6.07, 6.45) is 12.2. The fourth-order valence-corrected chi connectivity index (χ4v) is 13.9. The molecular weight excluding hydrogens is 1240 g/mol. The Bertz CT molecular complexity index is 3420. The zero-order valence-corrected chi connectivity index (χ0v) is 57.3. The second-order valence-corrected chi connectivity index (χ2v) is 26.0. The molecule has 0 aromatic heterocycles. The predicted molar refractivity (Wildman–Crippen MR) is 351 cm³/mol. The highest BCUT2D eigenvalue weighted by Crippen LogP contribution is 2.53. The van der Waals surface area contributed by atoms with Gasteiger partial charge in [0.25, 0.3) is 5.79 Å². The molecule has 7 aliphatic rings. The van der Waals surface area contributed by atoms with E-state index in [0.717, 1.165) is 63.5 Å². The van der Waals surface area contributed by atoms with Crippen LogP contribution in [0.25, 0.3) is 0 Å². The lowest BCUT2D eigenvalue weighted by atomic mass is 9.63. The number of halogens is 2. The van der Waals surface area contributed by atoms with E-state index in [2.05, 4.69) is 47.8 Å². The Hall–Kier alpha value is -8.01.